The summed E-state index contributed by atoms with van der Waals surface area (Å²) in [7, 11) is 0. The van der Waals surface area contributed by atoms with Crippen LogP contribution in [0.15, 0.2) is 6.07 Å². The van der Waals surface area contributed by atoms with E-state index in [0.717, 1.165) is 43.3 Å². The lowest BCUT2D eigenvalue weighted by Gasteiger charge is -2.31. The number of nitrogens with zero attached hydrogens (tertiary/aromatic N) is 3. The van der Waals surface area contributed by atoms with Gasteiger partial charge in [-0.15, -0.1) is 0 Å². The van der Waals surface area contributed by atoms with E-state index in [1.165, 1.54) is 0 Å². The molecule has 1 saturated heterocycles. The molecule has 0 aliphatic carbocycles. The highest BCUT2D eigenvalue weighted by Crippen LogP contribution is 2.21. The van der Waals surface area contributed by atoms with Gasteiger partial charge in [0, 0.05) is 30.4 Å². The maximum absolute atomic E-state index is 12.1. The van der Waals surface area contributed by atoms with E-state index in [1.54, 1.807) is 6.92 Å². The molecule has 0 atom stereocenters. The largest absolute Gasteiger partial charge is 0.465 e. The lowest BCUT2D eigenvalue weighted by atomic mass is 9.96. The maximum atomic E-state index is 12.1. The molecule has 23 heavy (non-hydrogen) atoms. The van der Waals surface area contributed by atoms with E-state index in [1.807, 2.05) is 19.9 Å². The normalized spacial score (nSPS) is 15.3. The second-order valence-electron chi connectivity index (χ2n) is 5.73. The van der Waals surface area contributed by atoms with Crippen LogP contribution in [0.1, 0.15) is 31.2 Å². The molecule has 0 spiro atoms. The third kappa shape index (κ3) is 4.91. The molecular weight excluding hydrogens is 296 g/mol. The molecule has 1 amide bonds. The second kappa shape index (κ2) is 7.89. The molecule has 1 aliphatic heterocycles. The van der Waals surface area contributed by atoms with Crippen LogP contribution in [0, 0.1) is 19.8 Å². The van der Waals surface area contributed by atoms with Crippen LogP contribution >= 0.6 is 0 Å². The highest BCUT2D eigenvalue weighted by atomic mass is 16.5. The summed E-state index contributed by atoms with van der Waals surface area (Å²) in [5, 5.41) is 2.65. The zero-order valence-corrected chi connectivity index (χ0v) is 14.0. The van der Waals surface area contributed by atoms with E-state index in [2.05, 4.69) is 20.2 Å². The van der Waals surface area contributed by atoms with Crippen molar-refractivity contribution in [2.24, 2.45) is 5.92 Å². The number of carbonyl (C=O) groups excluding carboxylic acids is 2. The Morgan fingerprint density at radius 3 is 2.43 bits per heavy atom. The Morgan fingerprint density at radius 2 is 1.87 bits per heavy atom. The predicted octanol–water partition coefficient (Wildman–Crippen LogP) is 0.989. The minimum atomic E-state index is -0.401. The Morgan fingerprint density at radius 1 is 1.26 bits per heavy atom. The Balaban J connectivity index is 1.83. The number of nitrogens with one attached hydrogen (secondary N) is 1. The Bertz CT molecular complexity index is 548. The summed E-state index contributed by atoms with van der Waals surface area (Å²) in [6.45, 7) is 7.38. The van der Waals surface area contributed by atoms with Gasteiger partial charge in [0.15, 0.2) is 0 Å². The van der Waals surface area contributed by atoms with Crippen LogP contribution in [0.3, 0.4) is 0 Å². The van der Waals surface area contributed by atoms with Crippen molar-refractivity contribution in [1.29, 1.82) is 0 Å². The van der Waals surface area contributed by atoms with Crippen LogP contribution < -0.4 is 10.2 Å². The molecule has 1 aliphatic rings. The van der Waals surface area contributed by atoms with E-state index >= 15 is 0 Å². The average Bonchev–Trinajstić information content (AvgIpc) is 2.52. The first-order valence-electron chi connectivity index (χ1n) is 8.00. The molecular formula is C16H24N4O3. The third-order valence-electron chi connectivity index (χ3n) is 3.83. The Labute approximate surface area is 136 Å². The SMILES string of the molecule is CCOC(=O)CNC(=O)C1CCN(c2nc(C)cc(C)n2)CC1. The summed E-state index contributed by atoms with van der Waals surface area (Å²) in [6.07, 6.45) is 1.45. The highest BCUT2D eigenvalue weighted by Gasteiger charge is 2.26. The van der Waals surface area contributed by atoms with Crippen molar-refractivity contribution in [3.63, 3.8) is 0 Å². The monoisotopic (exact) mass is 320 g/mol. The topological polar surface area (TPSA) is 84.4 Å². The van der Waals surface area contributed by atoms with Crippen molar-refractivity contribution in [2.45, 2.75) is 33.6 Å². The number of hydrogen-bond acceptors (Lipinski definition) is 6. The maximum Gasteiger partial charge on any atom is 0.325 e. The van der Waals surface area contributed by atoms with Crippen LogP contribution in [-0.4, -0.2) is 48.1 Å². The number of carbonyl (C=O) groups is 2. The second-order valence-corrected chi connectivity index (χ2v) is 5.73. The van der Waals surface area contributed by atoms with Gasteiger partial charge in [-0.05, 0) is 39.7 Å². The first-order valence-corrected chi connectivity index (χ1v) is 8.00. The van der Waals surface area contributed by atoms with Crippen LogP contribution in [-0.2, 0) is 14.3 Å². The first kappa shape index (κ1) is 17.2. The number of anilines is 1. The minimum Gasteiger partial charge on any atom is -0.465 e. The minimum absolute atomic E-state index is 0.0624. The summed E-state index contributed by atoms with van der Waals surface area (Å²) >= 11 is 0. The van der Waals surface area contributed by atoms with Gasteiger partial charge in [-0.25, -0.2) is 9.97 Å². The molecule has 0 saturated carbocycles. The summed E-state index contributed by atoms with van der Waals surface area (Å²) in [5.41, 5.74) is 1.89. The van der Waals surface area contributed by atoms with Gasteiger partial charge in [-0.1, -0.05) is 0 Å². The number of hydrogen-bond donors (Lipinski definition) is 1. The van der Waals surface area contributed by atoms with Gasteiger partial charge < -0.3 is 15.0 Å². The van der Waals surface area contributed by atoms with Gasteiger partial charge in [-0.2, -0.15) is 0 Å². The third-order valence-corrected chi connectivity index (χ3v) is 3.83. The van der Waals surface area contributed by atoms with Crippen molar-refractivity contribution in [1.82, 2.24) is 15.3 Å². The number of aromatic nitrogens is 2. The first-order chi connectivity index (χ1) is 11.0. The van der Waals surface area contributed by atoms with Gasteiger partial charge in [0.05, 0.1) is 6.61 Å². The summed E-state index contributed by atoms with van der Waals surface area (Å²) in [6, 6.07) is 1.94. The fourth-order valence-electron chi connectivity index (χ4n) is 2.71. The van der Waals surface area contributed by atoms with Crippen LogP contribution in [0.2, 0.25) is 0 Å². The summed E-state index contributed by atoms with van der Waals surface area (Å²) in [4.78, 5) is 34.4. The molecule has 0 bridgehead atoms. The van der Waals surface area contributed by atoms with Crippen LogP contribution in [0.5, 0.6) is 0 Å². The van der Waals surface area contributed by atoms with Gasteiger partial charge in [0.25, 0.3) is 0 Å². The van der Waals surface area contributed by atoms with E-state index in [4.69, 9.17) is 4.74 Å². The Kier molecular flexibility index (Phi) is 5.90. The smallest absolute Gasteiger partial charge is 0.325 e. The van der Waals surface area contributed by atoms with Gasteiger partial charge in [-0.3, -0.25) is 9.59 Å². The number of rotatable bonds is 5. The molecule has 0 aromatic carbocycles. The molecule has 126 valence electrons. The van der Waals surface area contributed by atoms with Crippen molar-refractivity contribution in [2.75, 3.05) is 31.1 Å². The van der Waals surface area contributed by atoms with Crippen molar-refractivity contribution >= 4 is 17.8 Å². The molecule has 1 N–H and O–H groups in total. The lowest BCUT2D eigenvalue weighted by Crippen LogP contribution is -2.42. The summed E-state index contributed by atoms with van der Waals surface area (Å²) < 4.78 is 4.80. The van der Waals surface area contributed by atoms with E-state index in [-0.39, 0.29) is 18.4 Å². The van der Waals surface area contributed by atoms with Crippen LogP contribution in [0.25, 0.3) is 0 Å². The zero-order valence-electron chi connectivity index (χ0n) is 14.0. The van der Waals surface area contributed by atoms with Crippen molar-refractivity contribution in [3.05, 3.63) is 17.5 Å². The Hall–Kier alpha value is -2.18. The van der Waals surface area contributed by atoms with E-state index in [0.29, 0.717) is 6.61 Å². The number of ether oxygens (including phenoxy) is 1. The fraction of sp³-hybridized carbons (Fsp3) is 0.625. The van der Waals surface area contributed by atoms with Crippen molar-refractivity contribution in [3.8, 4) is 0 Å². The summed E-state index contributed by atoms with van der Waals surface area (Å²) in [5.74, 6) is 0.167. The zero-order chi connectivity index (χ0) is 16.8. The number of aryl methyl sites for hydroxylation is 2. The van der Waals surface area contributed by atoms with Crippen LogP contribution in [0.4, 0.5) is 5.95 Å². The van der Waals surface area contributed by atoms with Crippen molar-refractivity contribution < 1.29 is 14.3 Å². The lowest BCUT2D eigenvalue weighted by molar-refractivity contribution is -0.143. The quantitative estimate of drug-likeness (QED) is 0.815. The van der Waals surface area contributed by atoms with E-state index in [9.17, 15) is 9.59 Å². The molecule has 1 fully saturated rings. The molecule has 1 aromatic rings. The molecule has 7 nitrogen and oxygen atoms in total. The van der Waals surface area contributed by atoms with E-state index < -0.39 is 5.97 Å². The fourth-order valence-corrected chi connectivity index (χ4v) is 2.71. The van der Waals surface area contributed by atoms with Gasteiger partial charge >= 0.3 is 5.97 Å². The standard InChI is InChI=1S/C16H24N4O3/c1-4-23-14(21)10-17-15(22)13-5-7-20(8-6-13)16-18-11(2)9-12(3)19-16/h9,13H,4-8,10H2,1-3H3,(H,17,22). The van der Waals surface area contributed by atoms with Gasteiger partial charge in [0.2, 0.25) is 11.9 Å². The van der Waals surface area contributed by atoms with Gasteiger partial charge in [0.1, 0.15) is 6.54 Å². The molecule has 0 radical (unpaired) electrons. The molecule has 2 heterocycles. The number of esters is 1. The molecule has 1 aromatic heterocycles. The molecule has 7 heteroatoms. The predicted molar refractivity (Wildman–Crippen MR) is 86.1 cm³/mol. The number of piperidine rings is 1. The molecule has 2 rings (SSSR count). The highest BCUT2D eigenvalue weighted by molar-refractivity contribution is 5.83. The number of amides is 1. The average molecular weight is 320 g/mol. The molecule has 0 unspecified atom stereocenters.